The molecule has 0 radical (unpaired) electrons. The Bertz CT molecular complexity index is 1280. The molecule has 2 rings (SSSR count). The third-order valence-corrected chi connectivity index (χ3v) is 8.88. The smallest absolute Gasteiger partial charge is 0.269 e. The molecule has 0 saturated carbocycles. The van der Waals surface area contributed by atoms with Gasteiger partial charge >= 0.3 is 10.8 Å². The van der Waals surface area contributed by atoms with Gasteiger partial charge in [-0.25, -0.2) is 9.10 Å². The maximum atomic E-state index is 12.7. The van der Waals surface area contributed by atoms with E-state index < -0.39 is 47.8 Å². The van der Waals surface area contributed by atoms with Crippen LogP contribution in [0.3, 0.4) is 0 Å². The molecule has 40 heavy (non-hydrogen) atoms. The summed E-state index contributed by atoms with van der Waals surface area (Å²) >= 11 is 9.66. The van der Waals surface area contributed by atoms with Crippen LogP contribution in [0.1, 0.15) is 53.8 Å². The maximum Gasteiger partial charge on any atom is 0.364 e. The fourth-order valence-corrected chi connectivity index (χ4v) is 4.39. The summed E-state index contributed by atoms with van der Waals surface area (Å²) in [6, 6.07) is 5.11. The molecule has 0 spiro atoms. The van der Waals surface area contributed by atoms with Crippen molar-refractivity contribution in [2.75, 3.05) is 19.1 Å². The van der Waals surface area contributed by atoms with Crippen molar-refractivity contribution < 1.29 is 36.6 Å². The van der Waals surface area contributed by atoms with Gasteiger partial charge in [-0.2, -0.15) is 32.4 Å². The van der Waals surface area contributed by atoms with E-state index >= 15 is 0 Å². The Hall–Kier alpha value is -2.47. The Labute approximate surface area is 241 Å². The molecule has 4 atom stereocenters. The number of rotatable bonds is 7. The highest BCUT2D eigenvalue weighted by atomic mass is 35.5. The number of pyridine rings is 2. The summed E-state index contributed by atoms with van der Waals surface area (Å²) in [4.78, 5) is 10.7. The summed E-state index contributed by atoms with van der Waals surface area (Å²) in [7, 11) is -3.25. The molecule has 0 aliphatic rings. The van der Waals surface area contributed by atoms with E-state index in [2.05, 4.69) is 23.6 Å². The summed E-state index contributed by atoms with van der Waals surface area (Å²) in [5.74, 6) is 0. The van der Waals surface area contributed by atoms with Crippen LogP contribution in [0.5, 0.6) is 0 Å². The maximum absolute atomic E-state index is 12.7. The third-order valence-electron chi connectivity index (χ3n) is 4.80. The fourth-order valence-electron chi connectivity index (χ4n) is 2.38. The first-order valence-electron chi connectivity index (χ1n) is 10.6. The SMILES string of the molecule is CC(c1ccc(C(F)(F)Cl)nc1)S(C)(=O)=NC#N.CC(c1ccc(C(F)(F)Cl)nc1)S(C)=NC#N.CCOO.F. The molecule has 18 heteroatoms. The van der Waals surface area contributed by atoms with Crippen LogP contribution in [0.15, 0.2) is 45.4 Å². The average Bonchev–Trinajstić information content (AvgIpc) is 2.87. The Morgan fingerprint density at radius 2 is 1.48 bits per heavy atom. The van der Waals surface area contributed by atoms with Crippen molar-refractivity contribution >= 4 is 43.6 Å². The second-order valence-electron chi connectivity index (χ2n) is 7.42. The molecule has 9 nitrogen and oxygen atoms in total. The van der Waals surface area contributed by atoms with Crippen molar-refractivity contribution in [3.05, 3.63) is 59.2 Å². The van der Waals surface area contributed by atoms with Crippen LogP contribution in [0.4, 0.5) is 22.3 Å². The van der Waals surface area contributed by atoms with Crippen LogP contribution in [0, 0.1) is 22.9 Å². The van der Waals surface area contributed by atoms with E-state index in [0.717, 1.165) is 17.8 Å². The molecule has 4 unspecified atom stereocenters. The lowest BCUT2D eigenvalue weighted by molar-refractivity contribution is -0.237. The van der Waals surface area contributed by atoms with Gasteiger partial charge in [-0.1, -0.05) is 22.8 Å². The molecule has 0 bridgehead atoms. The molecule has 2 aromatic heterocycles. The second-order valence-corrected chi connectivity index (χ2v) is 12.9. The lowest BCUT2D eigenvalue weighted by Crippen LogP contribution is -2.10. The van der Waals surface area contributed by atoms with Gasteiger partial charge in [-0.05, 0) is 73.5 Å². The predicted molar refractivity (Wildman–Crippen MR) is 145 cm³/mol. The predicted octanol–water partition coefficient (Wildman–Crippen LogP) is 7.00. The van der Waals surface area contributed by atoms with Gasteiger partial charge in [0.05, 0.1) is 21.6 Å². The molecule has 2 aromatic rings. The minimum atomic E-state index is -3.54. The van der Waals surface area contributed by atoms with Crippen molar-refractivity contribution in [3.8, 4) is 12.4 Å². The highest BCUT2D eigenvalue weighted by Crippen LogP contribution is 2.32. The molecule has 2 heterocycles. The van der Waals surface area contributed by atoms with Crippen molar-refractivity contribution in [1.29, 1.82) is 10.5 Å². The minimum absolute atomic E-state index is 0. The zero-order valence-corrected chi connectivity index (χ0v) is 24.9. The van der Waals surface area contributed by atoms with Crippen LogP contribution in [0.2, 0.25) is 0 Å². The van der Waals surface area contributed by atoms with Gasteiger partial charge in [0.15, 0.2) is 0 Å². The molecular weight excluding hydrogens is 626 g/mol. The van der Waals surface area contributed by atoms with E-state index in [1.165, 1.54) is 36.8 Å². The van der Waals surface area contributed by atoms with Gasteiger partial charge in [-0.3, -0.25) is 19.9 Å². The first-order chi connectivity index (χ1) is 18.0. The summed E-state index contributed by atoms with van der Waals surface area (Å²) in [6.45, 7) is 5.53. The average molecular weight is 654 g/mol. The Balaban J connectivity index is 0. The summed E-state index contributed by atoms with van der Waals surface area (Å²) < 4.78 is 69.9. The Kier molecular flexibility index (Phi) is 17.9. The van der Waals surface area contributed by atoms with Crippen molar-refractivity contribution in [2.24, 2.45) is 8.73 Å². The monoisotopic (exact) mass is 652 g/mol. The van der Waals surface area contributed by atoms with Gasteiger partial charge in [0.1, 0.15) is 11.4 Å². The molecule has 0 amide bonds. The number of halogens is 7. The summed E-state index contributed by atoms with van der Waals surface area (Å²) in [5, 5.41) is 16.6. The number of aromatic nitrogens is 2. The van der Waals surface area contributed by atoms with Crippen molar-refractivity contribution in [2.45, 2.75) is 42.0 Å². The standard InChI is InChI=1S/C10H10ClF2N3OS.C10H10ClF2N3S.C2H6O2.FH/c1-7(18(2,17)16-6-14)8-3-4-9(15-5-8)10(11,12)13;1-7(17(2)16-6-14)8-3-4-9(15-5-8)10(11,12)13;1-2-4-3;/h3-5,7H,1-2H3;3-5,7H,1-2H3;3H,2H2,1H3;1H. The molecule has 0 aliphatic heterocycles. The van der Waals surface area contributed by atoms with E-state index in [1.54, 1.807) is 26.3 Å². The number of alkyl halides is 6. The molecule has 0 fully saturated rings. The number of hydrogen-bond acceptors (Lipinski definition) is 9. The van der Waals surface area contributed by atoms with Crippen LogP contribution in [-0.4, -0.2) is 38.6 Å². The Morgan fingerprint density at radius 3 is 1.77 bits per heavy atom. The van der Waals surface area contributed by atoms with Crippen LogP contribution in [-0.2, 0) is 36.1 Å². The van der Waals surface area contributed by atoms with Gasteiger partial charge in [0.25, 0.3) is 0 Å². The Morgan fingerprint density at radius 1 is 1.05 bits per heavy atom. The second kappa shape index (κ2) is 18.1. The number of nitrogens with zero attached hydrogens (tertiary/aromatic N) is 6. The largest absolute Gasteiger partial charge is 0.364 e. The zero-order chi connectivity index (χ0) is 30.4. The van der Waals surface area contributed by atoms with Gasteiger partial charge in [0, 0.05) is 23.9 Å². The van der Waals surface area contributed by atoms with Crippen LogP contribution < -0.4 is 0 Å². The molecule has 224 valence electrons. The zero-order valence-electron chi connectivity index (χ0n) is 21.8. The van der Waals surface area contributed by atoms with E-state index in [9.17, 15) is 21.8 Å². The molecular formula is C22H27Cl2F5N6O3S2. The third kappa shape index (κ3) is 13.7. The summed E-state index contributed by atoms with van der Waals surface area (Å²) in [6.07, 6.45) is 8.84. The molecule has 0 saturated heterocycles. The number of nitriles is 2. The molecule has 0 aromatic carbocycles. The number of hydrogen-bond donors (Lipinski definition) is 1. The summed E-state index contributed by atoms with van der Waals surface area (Å²) in [5.41, 5.74) is 0.133. The van der Waals surface area contributed by atoms with Gasteiger partial charge < -0.3 is 0 Å². The van der Waals surface area contributed by atoms with Crippen LogP contribution >= 0.6 is 23.2 Å². The van der Waals surface area contributed by atoms with E-state index in [-0.39, 0.29) is 9.95 Å². The van der Waals surface area contributed by atoms with E-state index in [1.807, 2.05) is 6.92 Å². The van der Waals surface area contributed by atoms with Crippen LogP contribution in [0.25, 0.3) is 0 Å². The van der Waals surface area contributed by atoms with E-state index in [0.29, 0.717) is 12.2 Å². The fraction of sp³-hybridized carbons (Fsp3) is 0.455. The normalized spacial score (nSPS) is 14.7. The minimum Gasteiger partial charge on any atom is -0.269 e. The first kappa shape index (κ1) is 39.7. The highest BCUT2D eigenvalue weighted by Gasteiger charge is 2.30. The van der Waals surface area contributed by atoms with Crippen molar-refractivity contribution in [1.82, 2.24) is 9.97 Å². The molecule has 0 aliphatic carbocycles. The van der Waals surface area contributed by atoms with E-state index in [4.69, 9.17) is 39.0 Å². The highest BCUT2D eigenvalue weighted by molar-refractivity contribution is 7.93. The lowest BCUT2D eigenvalue weighted by atomic mass is 10.2. The first-order valence-corrected chi connectivity index (χ1v) is 15.0. The topological polar surface area (TPSA) is 145 Å². The quantitative estimate of drug-likeness (QED) is 0.111. The van der Waals surface area contributed by atoms with Crippen molar-refractivity contribution in [3.63, 3.8) is 0 Å². The van der Waals surface area contributed by atoms with Gasteiger partial charge in [-0.15, -0.1) is 4.36 Å². The van der Waals surface area contributed by atoms with Gasteiger partial charge in [0.2, 0.25) is 12.4 Å². The lowest BCUT2D eigenvalue weighted by Gasteiger charge is -2.13. The molecule has 1 N–H and O–H groups in total.